The Bertz CT molecular complexity index is 1020. The van der Waals surface area contributed by atoms with Gasteiger partial charge in [0.05, 0.1) is 38.0 Å². The fraction of sp³-hybridized carbons (Fsp3) is 0.478. The second-order valence-electron chi connectivity index (χ2n) is 8.50. The number of fused-ring (bicyclic) bond motifs is 3. The summed E-state index contributed by atoms with van der Waals surface area (Å²) < 4.78 is 15.5. The van der Waals surface area contributed by atoms with E-state index in [2.05, 4.69) is 5.32 Å². The molecule has 0 heterocycles. The molecule has 30 heavy (non-hydrogen) atoms. The van der Waals surface area contributed by atoms with E-state index in [1.807, 2.05) is 20.8 Å². The molecule has 3 rings (SSSR count). The predicted octanol–water partition coefficient (Wildman–Crippen LogP) is 4.22. The number of hydrogen-bond donors (Lipinski definition) is 2. The van der Waals surface area contributed by atoms with Crippen LogP contribution in [0.2, 0.25) is 0 Å². The second kappa shape index (κ2) is 8.05. The summed E-state index contributed by atoms with van der Waals surface area (Å²) in [5, 5.41) is 15.8. The van der Waals surface area contributed by atoms with Crippen LogP contribution < -0.4 is 10.1 Å². The minimum Gasteiger partial charge on any atom is -0.506 e. The van der Waals surface area contributed by atoms with Gasteiger partial charge in [0.1, 0.15) is 11.3 Å². The standard InChI is InChI=1S/C23H29NO6/c1-23(2,3)24-18-13-10-8-7-9-12(13)14-11-15(21(26)29-5)17(22(27)30-6)19(25)16(14)20(18)28-4/h11,24-25H,7-10H2,1-6H3. The molecule has 2 aromatic rings. The molecule has 0 bridgehead atoms. The van der Waals surface area contributed by atoms with Crippen LogP contribution in [-0.4, -0.2) is 43.9 Å². The number of anilines is 1. The summed E-state index contributed by atoms with van der Waals surface area (Å²) in [6.07, 6.45) is 3.69. The van der Waals surface area contributed by atoms with Gasteiger partial charge in [-0.3, -0.25) is 0 Å². The average molecular weight is 415 g/mol. The molecule has 1 aliphatic carbocycles. The summed E-state index contributed by atoms with van der Waals surface area (Å²) in [4.78, 5) is 24.9. The molecule has 2 aromatic carbocycles. The first-order valence-corrected chi connectivity index (χ1v) is 10.0. The normalized spacial score (nSPS) is 13.5. The lowest BCUT2D eigenvalue weighted by molar-refractivity contribution is 0.0552. The molecule has 0 amide bonds. The van der Waals surface area contributed by atoms with Crippen molar-refractivity contribution in [1.82, 2.24) is 0 Å². The Morgan fingerprint density at radius 1 is 1.00 bits per heavy atom. The molecule has 7 heteroatoms. The van der Waals surface area contributed by atoms with E-state index in [1.165, 1.54) is 21.3 Å². The first-order valence-electron chi connectivity index (χ1n) is 10.0. The highest BCUT2D eigenvalue weighted by Crippen LogP contribution is 2.49. The lowest BCUT2D eigenvalue weighted by atomic mass is 9.83. The van der Waals surface area contributed by atoms with Crippen LogP contribution in [0, 0.1) is 0 Å². The number of hydrogen-bond acceptors (Lipinski definition) is 7. The zero-order valence-corrected chi connectivity index (χ0v) is 18.4. The molecule has 162 valence electrons. The van der Waals surface area contributed by atoms with Gasteiger partial charge in [0.2, 0.25) is 0 Å². The summed E-state index contributed by atoms with van der Waals surface area (Å²) in [6.45, 7) is 6.14. The van der Waals surface area contributed by atoms with Crippen molar-refractivity contribution in [3.63, 3.8) is 0 Å². The second-order valence-corrected chi connectivity index (χ2v) is 8.50. The number of methoxy groups -OCH3 is 3. The quantitative estimate of drug-likeness (QED) is 0.722. The number of phenolic OH excluding ortho intramolecular Hbond substituents is 1. The highest BCUT2D eigenvalue weighted by molar-refractivity contribution is 6.14. The number of esters is 2. The average Bonchev–Trinajstić information content (AvgIpc) is 2.71. The molecule has 0 atom stereocenters. The first-order chi connectivity index (χ1) is 14.1. The summed E-state index contributed by atoms with van der Waals surface area (Å²) in [5.74, 6) is -1.44. The third kappa shape index (κ3) is 3.64. The van der Waals surface area contributed by atoms with Crippen molar-refractivity contribution >= 4 is 28.4 Å². The highest BCUT2D eigenvalue weighted by Gasteiger charge is 2.32. The zero-order valence-electron chi connectivity index (χ0n) is 18.4. The van der Waals surface area contributed by atoms with Crippen molar-refractivity contribution < 1.29 is 28.9 Å². The number of aryl methyl sites for hydroxylation is 1. The Hall–Kier alpha value is -2.96. The molecular weight excluding hydrogens is 386 g/mol. The third-order valence-corrected chi connectivity index (χ3v) is 5.35. The largest absolute Gasteiger partial charge is 0.506 e. The van der Waals surface area contributed by atoms with Crippen LogP contribution in [0.25, 0.3) is 10.8 Å². The number of carbonyl (C=O) groups is 2. The molecule has 7 nitrogen and oxygen atoms in total. The minimum absolute atomic E-state index is 0.0271. The first kappa shape index (κ1) is 21.7. The van der Waals surface area contributed by atoms with Crippen LogP contribution in [0.5, 0.6) is 11.5 Å². The summed E-state index contributed by atoms with van der Waals surface area (Å²) in [5.41, 5.74) is 2.46. The Kier molecular flexibility index (Phi) is 5.83. The number of benzene rings is 2. The number of phenols is 1. The number of carbonyl (C=O) groups excluding carboxylic acids is 2. The Morgan fingerprint density at radius 3 is 2.13 bits per heavy atom. The van der Waals surface area contributed by atoms with E-state index in [4.69, 9.17) is 14.2 Å². The monoisotopic (exact) mass is 415 g/mol. The number of aromatic hydroxyl groups is 1. The van der Waals surface area contributed by atoms with Crippen LogP contribution in [0.4, 0.5) is 5.69 Å². The summed E-state index contributed by atoms with van der Waals surface area (Å²) in [7, 11) is 3.96. The number of nitrogens with one attached hydrogen (secondary N) is 1. The van der Waals surface area contributed by atoms with Crippen LogP contribution in [-0.2, 0) is 22.3 Å². The van der Waals surface area contributed by atoms with Gasteiger partial charge < -0.3 is 24.6 Å². The molecule has 0 saturated carbocycles. The van der Waals surface area contributed by atoms with E-state index in [0.717, 1.165) is 42.5 Å². The van der Waals surface area contributed by atoms with Gasteiger partial charge in [-0.05, 0) is 69.0 Å². The van der Waals surface area contributed by atoms with Crippen molar-refractivity contribution in [2.75, 3.05) is 26.6 Å². The van der Waals surface area contributed by atoms with Crippen molar-refractivity contribution in [3.05, 3.63) is 28.3 Å². The predicted molar refractivity (Wildman–Crippen MR) is 115 cm³/mol. The van der Waals surface area contributed by atoms with Gasteiger partial charge in [-0.25, -0.2) is 9.59 Å². The zero-order chi connectivity index (χ0) is 22.2. The van der Waals surface area contributed by atoms with E-state index in [0.29, 0.717) is 16.5 Å². The lowest BCUT2D eigenvalue weighted by Gasteiger charge is -2.31. The van der Waals surface area contributed by atoms with E-state index in [-0.39, 0.29) is 22.4 Å². The molecule has 2 N–H and O–H groups in total. The topological polar surface area (TPSA) is 94.1 Å². The van der Waals surface area contributed by atoms with E-state index in [9.17, 15) is 14.7 Å². The van der Waals surface area contributed by atoms with Crippen molar-refractivity contribution in [2.45, 2.75) is 52.0 Å². The fourth-order valence-corrected chi connectivity index (χ4v) is 4.17. The Balaban J connectivity index is 2.52. The van der Waals surface area contributed by atoms with Gasteiger partial charge >= 0.3 is 11.9 Å². The molecule has 0 aliphatic heterocycles. The summed E-state index contributed by atoms with van der Waals surface area (Å²) in [6, 6.07) is 1.61. The van der Waals surface area contributed by atoms with Gasteiger partial charge in [0.25, 0.3) is 0 Å². The van der Waals surface area contributed by atoms with Crippen LogP contribution in [0.3, 0.4) is 0 Å². The van der Waals surface area contributed by atoms with E-state index in [1.54, 1.807) is 6.07 Å². The fourth-order valence-electron chi connectivity index (χ4n) is 4.17. The minimum atomic E-state index is -0.820. The van der Waals surface area contributed by atoms with Crippen molar-refractivity contribution in [1.29, 1.82) is 0 Å². The Labute approximate surface area is 176 Å². The SMILES string of the molecule is COC(=O)c1cc2c3c(c(NC(C)(C)C)c(OC)c2c(O)c1C(=O)OC)CCCC3. The smallest absolute Gasteiger partial charge is 0.342 e. The van der Waals surface area contributed by atoms with E-state index >= 15 is 0 Å². The number of ether oxygens (including phenoxy) is 3. The molecule has 0 saturated heterocycles. The van der Waals surface area contributed by atoms with Crippen LogP contribution >= 0.6 is 0 Å². The maximum absolute atomic E-state index is 12.5. The van der Waals surface area contributed by atoms with Gasteiger partial charge in [-0.1, -0.05) is 0 Å². The number of rotatable bonds is 4. The molecule has 0 radical (unpaired) electrons. The van der Waals surface area contributed by atoms with E-state index < -0.39 is 11.9 Å². The van der Waals surface area contributed by atoms with Crippen LogP contribution in [0.1, 0.15) is 65.5 Å². The molecule has 1 aliphatic rings. The molecule has 0 unspecified atom stereocenters. The molecule has 0 spiro atoms. The van der Waals surface area contributed by atoms with Gasteiger partial charge in [0, 0.05) is 5.54 Å². The van der Waals surface area contributed by atoms with Gasteiger partial charge in [-0.15, -0.1) is 0 Å². The van der Waals surface area contributed by atoms with Crippen molar-refractivity contribution in [3.8, 4) is 11.5 Å². The Morgan fingerprint density at radius 2 is 1.60 bits per heavy atom. The maximum Gasteiger partial charge on any atom is 0.342 e. The van der Waals surface area contributed by atoms with Crippen LogP contribution in [0.15, 0.2) is 6.07 Å². The lowest BCUT2D eigenvalue weighted by Crippen LogP contribution is -2.28. The molecule has 0 aromatic heterocycles. The van der Waals surface area contributed by atoms with Gasteiger partial charge in [0.15, 0.2) is 5.75 Å². The molecular formula is C23H29NO6. The summed E-state index contributed by atoms with van der Waals surface area (Å²) >= 11 is 0. The highest BCUT2D eigenvalue weighted by atomic mass is 16.5. The van der Waals surface area contributed by atoms with Crippen molar-refractivity contribution in [2.24, 2.45) is 0 Å². The van der Waals surface area contributed by atoms with Gasteiger partial charge in [-0.2, -0.15) is 0 Å². The third-order valence-electron chi connectivity index (χ3n) is 5.35. The molecule has 0 fully saturated rings. The maximum atomic E-state index is 12.5.